The molecule has 2 unspecified atom stereocenters. The molecule has 1 heterocycles. The molecule has 0 aliphatic carbocycles. The molecule has 1 aliphatic rings. The van der Waals surface area contributed by atoms with Crippen LogP contribution in [0.1, 0.15) is 65.7 Å². The van der Waals surface area contributed by atoms with Crippen molar-refractivity contribution >= 4 is 0 Å². The first-order valence-corrected chi connectivity index (χ1v) is 7.75. The molecule has 1 rings (SSSR count). The maximum Gasteiger partial charge on any atom is 0.00926 e. The summed E-state index contributed by atoms with van der Waals surface area (Å²) in [6, 6.07) is 1.55. The lowest BCUT2D eigenvalue weighted by molar-refractivity contribution is 0.189. The fraction of sp³-hybridized carbons (Fsp3) is 1.00. The fourth-order valence-corrected chi connectivity index (χ4v) is 3.04. The Morgan fingerprint density at radius 3 is 2.76 bits per heavy atom. The lowest BCUT2D eigenvalue weighted by Crippen LogP contribution is -2.36. The van der Waals surface area contributed by atoms with Gasteiger partial charge in [0.05, 0.1) is 0 Å². The first-order valence-electron chi connectivity index (χ1n) is 7.75. The van der Waals surface area contributed by atoms with Gasteiger partial charge in [-0.1, -0.05) is 26.7 Å². The molecule has 102 valence electrons. The average Bonchev–Trinajstić information content (AvgIpc) is 2.54. The van der Waals surface area contributed by atoms with E-state index in [4.69, 9.17) is 0 Å². The van der Waals surface area contributed by atoms with Gasteiger partial charge in [0.25, 0.3) is 0 Å². The van der Waals surface area contributed by atoms with Crippen molar-refractivity contribution in [3.05, 3.63) is 0 Å². The van der Waals surface area contributed by atoms with Gasteiger partial charge in [-0.2, -0.15) is 0 Å². The summed E-state index contributed by atoms with van der Waals surface area (Å²) < 4.78 is 0. The van der Waals surface area contributed by atoms with Gasteiger partial charge in [-0.15, -0.1) is 0 Å². The van der Waals surface area contributed by atoms with Crippen LogP contribution in [0, 0.1) is 0 Å². The Labute approximate surface area is 108 Å². The number of hydrogen-bond acceptors (Lipinski definition) is 2. The van der Waals surface area contributed by atoms with Gasteiger partial charge < -0.3 is 10.2 Å². The summed E-state index contributed by atoms with van der Waals surface area (Å²) >= 11 is 0. The van der Waals surface area contributed by atoms with E-state index in [9.17, 15) is 0 Å². The van der Waals surface area contributed by atoms with Crippen LogP contribution in [0.4, 0.5) is 0 Å². The third kappa shape index (κ3) is 5.87. The Balaban J connectivity index is 2.22. The molecule has 1 aliphatic heterocycles. The average molecular weight is 240 g/mol. The Kier molecular flexibility index (Phi) is 7.87. The van der Waals surface area contributed by atoms with E-state index >= 15 is 0 Å². The van der Waals surface area contributed by atoms with E-state index in [1.165, 1.54) is 58.0 Å². The molecule has 0 bridgehead atoms. The Hall–Kier alpha value is -0.0800. The molecule has 0 aromatic rings. The Morgan fingerprint density at radius 2 is 2.06 bits per heavy atom. The molecule has 1 N–H and O–H groups in total. The van der Waals surface area contributed by atoms with E-state index in [0.717, 1.165) is 12.6 Å². The van der Waals surface area contributed by atoms with E-state index in [1.807, 2.05) is 0 Å². The zero-order chi connectivity index (χ0) is 12.5. The van der Waals surface area contributed by atoms with Crippen molar-refractivity contribution in [1.29, 1.82) is 0 Å². The van der Waals surface area contributed by atoms with Crippen LogP contribution in [0.15, 0.2) is 0 Å². The van der Waals surface area contributed by atoms with Gasteiger partial charge in [0.2, 0.25) is 0 Å². The second kappa shape index (κ2) is 8.93. The van der Waals surface area contributed by atoms with Crippen LogP contribution < -0.4 is 5.32 Å². The SMILES string of the molecule is CCNC(C)CCCN1CCCCCC1CC. The van der Waals surface area contributed by atoms with Crippen LogP contribution in [-0.2, 0) is 0 Å². The van der Waals surface area contributed by atoms with Crippen LogP contribution in [0.3, 0.4) is 0 Å². The molecule has 0 amide bonds. The van der Waals surface area contributed by atoms with Gasteiger partial charge >= 0.3 is 0 Å². The number of nitrogens with zero attached hydrogens (tertiary/aromatic N) is 1. The standard InChI is InChI=1S/C15H32N2/c1-4-15-11-7-6-8-12-17(15)13-9-10-14(3)16-5-2/h14-16H,4-13H2,1-3H3. The molecular weight excluding hydrogens is 208 g/mol. The van der Waals surface area contributed by atoms with Crippen molar-refractivity contribution in [2.45, 2.75) is 77.8 Å². The normalized spacial score (nSPS) is 24.5. The summed E-state index contributed by atoms with van der Waals surface area (Å²) in [4.78, 5) is 2.76. The molecular formula is C15H32N2. The first kappa shape index (κ1) is 15.0. The van der Waals surface area contributed by atoms with Gasteiger partial charge in [0, 0.05) is 12.1 Å². The predicted octanol–water partition coefficient (Wildman–Crippen LogP) is 3.42. The molecule has 2 nitrogen and oxygen atoms in total. The number of likely N-dealkylation sites (tertiary alicyclic amines) is 1. The van der Waals surface area contributed by atoms with Crippen molar-refractivity contribution in [1.82, 2.24) is 10.2 Å². The molecule has 0 radical (unpaired) electrons. The Bertz CT molecular complexity index is 182. The molecule has 1 saturated heterocycles. The molecule has 2 heteroatoms. The summed E-state index contributed by atoms with van der Waals surface area (Å²) in [6.07, 6.45) is 9.75. The van der Waals surface area contributed by atoms with Crippen molar-refractivity contribution in [3.63, 3.8) is 0 Å². The van der Waals surface area contributed by atoms with E-state index < -0.39 is 0 Å². The molecule has 1 fully saturated rings. The number of rotatable bonds is 7. The highest BCUT2D eigenvalue weighted by Gasteiger charge is 2.18. The van der Waals surface area contributed by atoms with Crippen LogP contribution in [0.2, 0.25) is 0 Å². The number of hydrogen-bond donors (Lipinski definition) is 1. The third-order valence-corrected chi connectivity index (χ3v) is 4.11. The zero-order valence-corrected chi connectivity index (χ0v) is 12.2. The minimum Gasteiger partial charge on any atom is -0.315 e. The van der Waals surface area contributed by atoms with E-state index in [-0.39, 0.29) is 0 Å². The summed E-state index contributed by atoms with van der Waals surface area (Å²) in [6.45, 7) is 10.6. The van der Waals surface area contributed by atoms with Gasteiger partial charge in [-0.05, 0) is 58.7 Å². The number of nitrogens with one attached hydrogen (secondary N) is 1. The minimum absolute atomic E-state index is 0.687. The smallest absolute Gasteiger partial charge is 0.00926 e. The highest BCUT2D eigenvalue weighted by Crippen LogP contribution is 2.19. The fourth-order valence-electron chi connectivity index (χ4n) is 3.04. The molecule has 0 aromatic carbocycles. The van der Waals surface area contributed by atoms with E-state index in [0.29, 0.717) is 6.04 Å². The van der Waals surface area contributed by atoms with Gasteiger partial charge in [-0.25, -0.2) is 0 Å². The van der Waals surface area contributed by atoms with Crippen molar-refractivity contribution in [2.75, 3.05) is 19.6 Å². The van der Waals surface area contributed by atoms with Gasteiger partial charge in [0.15, 0.2) is 0 Å². The minimum atomic E-state index is 0.687. The first-order chi connectivity index (χ1) is 8.27. The third-order valence-electron chi connectivity index (χ3n) is 4.11. The van der Waals surface area contributed by atoms with E-state index in [1.54, 1.807) is 0 Å². The molecule has 0 spiro atoms. The maximum atomic E-state index is 3.50. The monoisotopic (exact) mass is 240 g/mol. The van der Waals surface area contributed by atoms with Crippen molar-refractivity contribution < 1.29 is 0 Å². The van der Waals surface area contributed by atoms with Crippen molar-refractivity contribution in [2.24, 2.45) is 0 Å². The van der Waals surface area contributed by atoms with Gasteiger partial charge in [0.1, 0.15) is 0 Å². The van der Waals surface area contributed by atoms with Crippen LogP contribution >= 0.6 is 0 Å². The maximum absolute atomic E-state index is 3.50. The van der Waals surface area contributed by atoms with Gasteiger partial charge in [-0.3, -0.25) is 0 Å². The molecule has 0 saturated carbocycles. The lowest BCUT2D eigenvalue weighted by atomic mass is 10.1. The van der Waals surface area contributed by atoms with Crippen LogP contribution in [-0.4, -0.2) is 36.6 Å². The predicted molar refractivity (Wildman–Crippen MR) is 76.5 cm³/mol. The quantitative estimate of drug-likeness (QED) is 0.733. The summed E-state index contributed by atoms with van der Waals surface area (Å²) in [7, 11) is 0. The molecule has 2 atom stereocenters. The summed E-state index contributed by atoms with van der Waals surface area (Å²) in [5.41, 5.74) is 0. The Morgan fingerprint density at radius 1 is 1.24 bits per heavy atom. The lowest BCUT2D eigenvalue weighted by Gasteiger charge is -2.29. The second-order valence-electron chi connectivity index (χ2n) is 5.55. The largest absolute Gasteiger partial charge is 0.315 e. The molecule has 17 heavy (non-hydrogen) atoms. The highest BCUT2D eigenvalue weighted by molar-refractivity contribution is 4.74. The molecule has 0 aromatic heterocycles. The van der Waals surface area contributed by atoms with E-state index in [2.05, 4.69) is 31.0 Å². The van der Waals surface area contributed by atoms with Crippen LogP contribution in [0.5, 0.6) is 0 Å². The zero-order valence-electron chi connectivity index (χ0n) is 12.2. The summed E-state index contributed by atoms with van der Waals surface area (Å²) in [5.74, 6) is 0. The highest BCUT2D eigenvalue weighted by atomic mass is 15.1. The summed E-state index contributed by atoms with van der Waals surface area (Å²) in [5, 5.41) is 3.50. The van der Waals surface area contributed by atoms with Crippen LogP contribution in [0.25, 0.3) is 0 Å². The van der Waals surface area contributed by atoms with Crippen molar-refractivity contribution in [3.8, 4) is 0 Å². The second-order valence-corrected chi connectivity index (χ2v) is 5.55. The topological polar surface area (TPSA) is 15.3 Å².